The molecule has 1 heterocycles. The van der Waals surface area contributed by atoms with Crippen LogP contribution in [0.25, 0.3) is 0 Å². The molecule has 0 amide bonds. The zero-order valence-corrected chi connectivity index (χ0v) is 14.3. The Morgan fingerprint density at radius 2 is 1.68 bits per heavy atom. The van der Waals surface area contributed by atoms with Crippen molar-refractivity contribution in [1.82, 2.24) is 10.2 Å². The van der Waals surface area contributed by atoms with Crippen LogP contribution in [0.3, 0.4) is 0 Å². The fourth-order valence-electron chi connectivity index (χ4n) is 2.23. The van der Waals surface area contributed by atoms with Gasteiger partial charge in [0.2, 0.25) is 0 Å². The van der Waals surface area contributed by atoms with E-state index in [2.05, 4.69) is 37.9 Å². The molecule has 1 aliphatic rings. The molecule has 19 heavy (non-hydrogen) atoms. The first-order chi connectivity index (χ1) is 8.27. The van der Waals surface area contributed by atoms with Gasteiger partial charge in [-0.3, -0.25) is 4.90 Å². The normalized spacial score (nSPS) is 24.4. The molecule has 0 bridgehead atoms. The van der Waals surface area contributed by atoms with Gasteiger partial charge in [0.15, 0.2) is 9.84 Å². The quantitative estimate of drug-likeness (QED) is 0.859. The van der Waals surface area contributed by atoms with E-state index in [4.69, 9.17) is 0 Å². The average molecular weight is 290 g/mol. The van der Waals surface area contributed by atoms with Crippen LogP contribution in [0.4, 0.5) is 0 Å². The van der Waals surface area contributed by atoms with Gasteiger partial charge in [-0.05, 0) is 48.5 Å². The largest absolute Gasteiger partial charge is 0.309 e. The van der Waals surface area contributed by atoms with Crippen LogP contribution >= 0.6 is 0 Å². The lowest BCUT2D eigenvalue weighted by Gasteiger charge is -2.49. The second kappa shape index (κ2) is 5.01. The van der Waals surface area contributed by atoms with Gasteiger partial charge in [0, 0.05) is 30.7 Å². The molecule has 0 aromatic heterocycles. The van der Waals surface area contributed by atoms with Crippen molar-refractivity contribution in [1.29, 1.82) is 0 Å². The van der Waals surface area contributed by atoms with Crippen molar-refractivity contribution in [3.05, 3.63) is 0 Å². The first kappa shape index (κ1) is 16.9. The van der Waals surface area contributed by atoms with Crippen LogP contribution in [0.2, 0.25) is 0 Å². The Labute approximate surface area is 118 Å². The molecule has 1 N–H and O–H groups in total. The molecule has 0 aromatic carbocycles. The predicted octanol–water partition coefficient (Wildman–Crippen LogP) is 1.66. The van der Waals surface area contributed by atoms with Gasteiger partial charge in [0.25, 0.3) is 0 Å². The van der Waals surface area contributed by atoms with E-state index < -0.39 is 14.6 Å². The first-order valence-corrected chi connectivity index (χ1v) is 8.65. The van der Waals surface area contributed by atoms with Gasteiger partial charge < -0.3 is 5.32 Å². The Bertz CT molecular complexity index is 419. The van der Waals surface area contributed by atoms with Gasteiger partial charge in [-0.25, -0.2) is 8.42 Å². The minimum atomic E-state index is -3.05. The van der Waals surface area contributed by atoms with E-state index in [1.54, 1.807) is 20.8 Å². The maximum atomic E-state index is 12.2. The van der Waals surface area contributed by atoms with Crippen LogP contribution in [0.1, 0.15) is 48.5 Å². The van der Waals surface area contributed by atoms with Crippen LogP contribution in [0.15, 0.2) is 0 Å². The zero-order chi connectivity index (χ0) is 15.1. The molecule has 5 heteroatoms. The van der Waals surface area contributed by atoms with Crippen LogP contribution in [-0.2, 0) is 9.84 Å². The Morgan fingerprint density at radius 3 is 2.16 bits per heavy atom. The molecular formula is C14H30N2O2S. The number of nitrogens with one attached hydrogen (secondary N) is 1. The maximum Gasteiger partial charge on any atom is 0.156 e. The van der Waals surface area contributed by atoms with Gasteiger partial charge in [-0.15, -0.1) is 0 Å². The molecule has 0 radical (unpaired) electrons. The molecule has 0 aromatic rings. The summed E-state index contributed by atoms with van der Waals surface area (Å²) in [7, 11) is -3.05. The number of piperazine rings is 1. The lowest BCUT2D eigenvalue weighted by molar-refractivity contribution is 0.0449. The molecule has 114 valence electrons. The predicted molar refractivity (Wildman–Crippen MR) is 81.3 cm³/mol. The number of sulfone groups is 1. The van der Waals surface area contributed by atoms with Crippen molar-refractivity contribution in [2.75, 3.05) is 25.4 Å². The Balaban J connectivity index is 2.75. The molecule has 0 atom stereocenters. The Morgan fingerprint density at radius 1 is 1.16 bits per heavy atom. The summed E-state index contributed by atoms with van der Waals surface area (Å²) >= 11 is 0. The highest BCUT2D eigenvalue weighted by molar-refractivity contribution is 7.92. The van der Waals surface area contributed by atoms with Gasteiger partial charge in [-0.2, -0.15) is 0 Å². The topological polar surface area (TPSA) is 49.4 Å². The van der Waals surface area contributed by atoms with Crippen molar-refractivity contribution in [3.63, 3.8) is 0 Å². The third-order valence-corrected chi connectivity index (χ3v) is 6.59. The van der Waals surface area contributed by atoms with Crippen LogP contribution in [0.5, 0.6) is 0 Å². The van der Waals surface area contributed by atoms with Gasteiger partial charge >= 0.3 is 0 Å². The molecule has 0 aliphatic carbocycles. The summed E-state index contributed by atoms with van der Waals surface area (Å²) in [6, 6.07) is 0. The number of hydrogen-bond donors (Lipinski definition) is 1. The van der Waals surface area contributed by atoms with Crippen molar-refractivity contribution in [2.45, 2.75) is 64.3 Å². The number of hydrogen-bond acceptors (Lipinski definition) is 4. The summed E-state index contributed by atoms with van der Waals surface area (Å²) in [4.78, 5) is 2.30. The molecule has 4 nitrogen and oxygen atoms in total. The van der Waals surface area contributed by atoms with E-state index in [0.717, 1.165) is 13.1 Å². The van der Waals surface area contributed by atoms with Crippen LogP contribution in [0, 0.1) is 0 Å². The highest BCUT2D eigenvalue weighted by atomic mass is 32.2. The molecule has 1 aliphatic heterocycles. The van der Waals surface area contributed by atoms with Gasteiger partial charge in [0.1, 0.15) is 0 Å². The summed E-state index contributed by atoms with van der Waals surface area (Å²) in [5.41, 5.74) is 0.0456. The lowest BCUT2D eigenvalue weighted by Crippen LogP contribution is -2.66. The summed E-state index contributed by atoms with van der Waals surface area (Å²) in [6.45, 7) is 16.3. The smallest absolute Gasteiger partial charge is 0.156 e. The highest BCUT2D eigenvalue weighted by Crippen LogP contribution is 2.24. The summed E-state index contributed by atoms with van der Waals surface area (Å²) in [6.07, 6.45) is 0. The van der Waals surface area contributed by atoms with E-state index in [9.17, 15) is 8.42 Å². The van der Waals surface area contributed by atoms with Crippen LogP contribution < -0.4 is 5.32 Å². The van der Waals surface area contributed by atoms with E-state index >= 15 is 0 Å². The molecule has 0 spiro atoms. The summed E-state index contributed by atoms with van der Waals surface area (Å²) < 4.78 is 23.8. The first-order valence-electron chi connectivity index (χ1n) is 6.99. The van der Waals surface area contributed by atoms with Crippen LogP contribution in [-0.4, -0.2) is 54.5 Å². The monoisotopic (exact) mass is 290 g/mol. The van der Waals surface area contributed by atoms with Crippen molar-refractivity contribution < 1.29 is 8.42 Å². The number of rotatable bonds is 3. The Kier molecular flexibility index (Phi) is 4.46. The highest BCUT2D eigenvalue weighted by Gasteiger charge is 2.38. The zero-order valence-electron chi connectivity index (χ0n) is 13.5. The second-order valence-corrected chi connectivity index (χ2v) is 10.8. The van der Waals surface area contributed by atoms with E-state index in [1.165, 1.54) is 0 Å². The second-order valence-electron chi connectivity index (χ2n) is 7.90. The minimum Gasteiger partial charge on any atom is -0.309 e. The molecule has 1 rings (SSSR count). The minimum absolute atomic E-state index is 0.00290. The standard InChI is InChI=1S/C14H30N2O2S/c1-12(2,3)19(17,18)9-8-16-11-13(4,5)15-10-14(16,6)7/h15H,8-11H2,1-7H3. The molecule has 0 saturated carbocycles. The molecule has 0 unspecified atom stereocenters. The summed E-state index contributed by atoms with van der Waals surface area (Å²) in [5.74, 6) is 0.232. The number of nitrogens with zero attached hydrogens (tertiary/aromatic N) is 1. The third kappa shape index (κ3) is 4.17. The molecule has 1 saturated heterocycles. The lowest BCUT2D eigenvalue weighted by atomic mass is 9.92. The van der Waals surface area contributed by atoms with Crippen molar-refractivity contribution in [3.8, 4) is 0 Å². The fraction of sp³-hybridized carbons (Fsp3) is 1.00. The van der Waals surface area contributed by atoms with Gasteiger partial charge in [0.05, 0.1) is 10.5 Å². The van der Waals surface area contributed by atoms with Crippen molar-refractivity contribution >= 4 is 9.84 Å². The molecular weight excluding hydrogens is 260 g/mol. The van der Waals surface area contributed by atoms with E-state index in [1.807, 2.05) is 0 Å². The molecule has 1 fully saturated rings. The summed E-state index contributed by atoms with van der Waals surface area (Å²) in [5, 5.41) is 3.51. The van der Waals surface area contributed by atoms with E-state index in [0.29, 0.717) is 6.54 Å². The average Bonchev–Trinajstić information content (AvgIpc) is 2.18. The SMILES string of the molecule is CC1(C)CN(CCS(=O)(=O)C(C)(C)C)C(C)(C)CN1. The third-order valence-electron chi connectivity index (χ3n) is 4.00. The van der Waals surface area contributed by atoms with Gasteiger partial charge in [-0.1, -0.05) is 0 Å². The maximum absolute atomic E-state index is 12.2. The van der Waals surface area contributed by atoms with E-state index in [-0.39, 0.29) is 16.8 Å². The van der Waals surface area contributed by atoms with Crippen molar-refractivity contribution in [2.24, 2.45) is 0 Å². The fourth-order valence-corrected chi connectivity index (χ4v) is 3.31. The Hall–Kier alpha value is -0.130.